The molecule has 0 amide bonds. The lowest BCUT2D eigenvalue weighted by atomic mass is 10.00. The molecule has 0 bridgehead atoms. The fourth-order valence-corrected chi connectivity index (χ4v) is 3.73. The van der Waals surface area contributed by atoms with Gasteiger partial charge < -0.3 is 20.3 Å². The van der Waals surface area contributed by atoms with Gasteiger partial charge in [0.05, 0.1) is 18.0 Å². The van der Waals surface area contributed by atoms with E-state index >= 15 is 0 Å². The highest BCUT2D eigenvalue weighted by Gasteiger charge is 2.17. The summed E-state index contributed by atoms with van der Waals surface area (Å²) in [4.78, 5) is 6.94. The summed E-state index contributed by atoms with van der Waals surface area (Å²) in [5.74, 6) is 1.00. The molecular formula is C20H24N4OS. The Kier molecular flexibility index (Phi) is 5.32. The molecule has 1 fully saturated rings. The van der Waals surface area contributed by atoms with Gasteiger partial charge in [-0.1, -0.05) is 24.3 Å². The van der Waals surface area contributed by atoms with E-state index in [2.05, 4.69) is 50.8 Å². The number of anilines is 2. The zero-order valence-electron chi connectivity index (χ0n) is 14.8. The number of nitrogens with one attached hydrogen (secondary N) is 2. The minimum Gasteiger partial charge on any atom is -0.376 e. The molecule has 1 aromatic carbocycles. The molecule has 2 aliphatic heterocycles. The first-order valence-electron chi connectivity index (χ1n) is 9.22. The number of rotatable bonds is 4. The molecule has 6 heteroatoms. The maximum Gasteiger partial charge on any atom is 0.170 e. The van der Waals surface area contributed by atoms with Crippen LogP contribution in [-0.4, -0.2) is 35.9 Å². The van der Waals surface area contributed by atoms with Gasteiger partial charge in [-0.3, -0.25) is 0 Å². The zero-order valence-corrected chi connectivity index (χ0v) is 15.6. The molecule has 2 N–H and O–H groups in total. The third-order valence-corrected chi connectivity index (χ3v) is 5.22. The molecule has 1 atom stereocenters. The van der Waals surface area contributed by atoms with E-state index in [0.29, 0.717) is 5.11 Å². The molecule has 0 spiro atoms. The Morgan fingerprint density at radius 2 is 2.12 bits per heavy atom. The van der Waals surface area contributed by atoms with Crippen LogP contribution in [0.5, 0.6) is 0 Å². The second-order valence-electron chi connectivity index (χ2n) is 6.82. The van der Waals surface area contributed by atoms with Crippen molar-refractivity contribution in [1.29, 1.82) is 0 Å². The van der Waals surface area contributed by atoms with Crippen molar-refractivity contribution in [1.82, 2.24) is 10.3 Å². The third-order valence-electron chi connectivity index (χ3n) is 4.97. The van der Waals surface area contributed by atoms with Crippen LogP contribution in [0.3, 0.4) is 0 Å². The number of nitrogens with zero attached hydrogens (tertiary/aromatic N) is 2. The third kappa shape index (κ3) is 4.14. The molecule has 5 nitrogen and oxygen atoms in total. The van der Waals surface area contributed by atoms with Crippen molar-refractivity contribution in [3.63, 3.8) is 0 Å². The summed E-state index contributed by atoms with van der Waals surface area (Å²) in [6.07, 6.45) is 5.42. The first-order chi connectivity index (χ1) is 12.8. The van der Waals surface area contributed by atoms with Gasteiger partial charge in [-0.05, 0) is 54.7 Å². The topological polar surface area (TPSA) is 49.4 Å². The SMILES string of the molecule is S=C(NC[C@@H]1CCCO1)Nc1ccc(N2CCc3ccccc3C2)nc1. The molecular weight excluding hydrogens is 344 g/mol. The van der Waals surface area contributed by atoms with Gasteiger partial charge >= 0.3 is 0 Å². The maximum atomic E-state index is 5.59. The Balaban J connectivity index is 1.31. The van der Waals surface area contributed by atoms with Gasteiger partial charge in [-0.15, -0.1) is 0 Å². The lowest BCUT2D eigenvalue weighted by Crippen LogP contribution is -2.35. The van der Waals surface area contributed by atoms with Gasteiger partial charge in [0.15, 0.2) is 5.11 Å². The van der Waals surface area contributed by atoms with Gasteiger partial charge in [0.25, 0.3) is 0 Å². The Hall–Kier alpha value is -2.18. The van der Waals surface area contributed by atoms with E-state index in [4.69, 9.17) is 17.0 Å². The number of thiocarbonyl (C=S) groups is 1. The number of hydrogen-bond acceptors (Lipinski definition) is 4. The van der Waals surface area contributed by atoms with Crippen molar-refractivity contribution in [2.75, 3.05) is 29.9 Å². The first-order valence-corrected chi connectivity index (χ1v) is 9.63. The van der Waals surface area contributed by atoms with Crippen LogP contribution in [0.1, 0.15) is 24.0 Å². The van der Waals surface area contributed by atoms with Crippen molar-refractivity contribution in [2.24, 2.45) is 0 Å². The highest BCUT2D eigenvalue weighted by Crippen LogP contribution is 2.23. The lowest BCUT2D eigenvalue weighted by Gasteiger charge is -2.29. The van der Waals surface area contributed by atoms with Crippen LogP contribution in [0.15, 0.2) is 42.6 Å². The second-order valence-corrected chi connectivity index (χ2v) is 7.22. The van der Waals surface area contributed by atoms with E-state index in [1.165, 1.54) is 11.1 Å². The Morgan fingerprint density at radius 3 is 2.88 bits per heavy atom. The molecule has 2 aromatic rings. The van der Waals surface area contributed by atoms with E-state index in [1.54, 1.807) is 0 Å². The van der Waals surface area contributed by atoms with Crippen LogP contribution in [-0.2, 0) is 17.7 Å². The molecule has 0 aliphatic carbocycles. The van der Waals surface area contributed by atoms with Crippen molar-refractivity contribution < 1.29 is 4.74 Å². The molecule has 0 saturated carbocycles. The number of benzene rings is 1. The lowest BCUT2D eigenvalue weighted by molar-refractivity contribution is 0.114. The van der Waals surface area contributed by atoms with Crippen LogP contribution in [0.25, 0.3) is 0 Å². The summed E-state index contributed by atoms with van der Waals surface area (Å²) < 4.78 is 5.59. The van der Waals surface area contributed by atoms with Crippen LogP contribution < -0.4 is 15.5 Å². The van der Waals surface area contributed by atoms with Crippen LogP contribution >= 0.6 is 12.2 Å². The van der Waals surface area contributed by atoms with E-state index in [0.717, 1.165) is 57.0 Å². The molecule has 3 heterocycles. The summed E-state index contributed by atoms with van der Waals surface area (Å²) in [6.45, 7) is 3.53. The van der Waals surface area contributed by atoms with Crippen LogP contribution in [0, 0.1) is 0 Å². The normalized spacial score (nSPS) is 19.1. The van der Waals surface area contributed by atoms with E-state index in [9.17, 15) is 0 Å². The maximum absolute atomic E-state index is 5.59. The van der Waals surface area contributed by atoms with Crippen LogP contribution in [0.4, 0.5) is 11.5 Å². The molecule has 0 unspecified atom stereocenters. The molecule has 1 aromatic heterocycles. The first kappa shape index (κ1) is 17.2. The van der Waals surface area contributed by atoms with Crippen molar-refractivity contribution in [3.05, 3.63) is 53.7 Å². The summed E-state index contributed by atoms with van der Waals surface area (Å²) in [7, 11) is 0. The predicted molar refractivity (Wildman–Crippen MR) is 109 cm³/mol. The summed E-state index contributed by atoms with van der Waals surface area (Å²) in [5, 5.41) is 7.03. The van der Waals surface area contributed by atoms with Gasteiger partial charge in [-0.25, -0.2) is 4.98 Å². The van der Waals surface area contributed by atoms with E-state index in [1.807, 2.05) is 12.3 Å². The molecule has 26 heavy (non-hydrogen) atoms. The number of ether oxygens (including phenoxy) is 1. The second kappa shape index (κ2) is 8.01. The average molecular weight is 369 g/mol. The van der Waals surface area contributed by atoms with Gasteiger partial charge in [0, 0.05) is 26.2 Å². The Labute approximate surface area is 159 Å². The molecule has 136 valence electrons. The fraction of sp³-hybridized carbons (Fsp3) is 0.400. The van der Waals surface area contributed by atoms with Crippen molar-refractivity contribution in [3.8, 4) is 0 Å². The quantitative estimate of drug-likeness (QED) is 0.809. The predicted octanol–water partition coefficient (Wildman–Crippen LogP) is 3.11. The van der Waals surface area contributed by atoms with Gasteiger partial charge in [0.2, 0.25) is 0 Å². The minimum absolute atomic E-state index is 0.275. The van der Waals surface area contributed by atoms with E-state index < -0.39 is 0 Å². The molecule has 0 radical (unpaired) electrons. The van der Waals surface area contributed by atoms with Crippen molar-refractivity contribution >= 4 is 28.8 Å². The molecule has 4 rings (SSSR count). The number of aromatic nitrogens is 1. The average Bonchev–Trinajstić information content (AvgIpc) is 3.20. The summed E-state index contributed by atoms with van der Waals surface area (Å²) in [5.41, 5.74) is 3.74. The smallest absolute Gasteiger partial charge is 0.170 e. The zero-order chi connectivity index (χ0) is 17.8. The standard InChI is InChI=1S/C20H24N4OS/c26-20(22-13-18-6-3-11-25-18)23-17-7-8-19(21-12-17)24-10-9-15-4-1-2-5-16(15)14-24/h1-2,4-5,7-8,12,18H,3,6,9-11,13-14H2,(H2,22,23,26)/t18-/m0/s1. The van der Waals surface area contributed by atoms with Gasteiger partial charge in [0.1, 0.15) is 5.82 Å². The van der Waals surface area contributed by atoms with Gasteiger partial charge in [-0.2, -0.15) is 0 Å². The number of hydrogen-bond donors (Lipinski definition) is 2. The van der Waals surface area contributed by atoms with Crippen LogP contribution in [0.2, 0.25) is 0 Å². The van der Waals surface area contributed by atoms with E-state index in [-0.39, 0.29) is 6.10 Å². The fourth-order valence-electron chi connectivity index (χ4n) is 3.53. The summed E-state index contributed by atoms with van der Waals surface area (Å²) >= 11 is 5.36. The monoisotopic (exact) mass is 368 g/mol. The molecule has 1 saturated heterocycles. The number of pyridine rings is 1. The van der Waals surface area contributed by atoms with Crippen molar-refractivity contribution in [2.45, 2.75) is 31.9 Å². The Morgan fingerprint density at radius 1 is 1.23 bits per heavy atom. The largest absolute Gasteiger partial charge is 0.376 e. The molecule has 2 aliphatic rings. The minimum atomic E-state index is 0.275. The number of fused-ring (bicyclic) bond motifs is 1. The highest BCUT2D eigenvalue weighted by atomic mass is 32.1. The highest BCUT2D eigenvalue weighted by molar-refractivity contribution is 7.80. The summed E-state index contributed by atoms with van der Waals surface area (Å²) in [6, 6.07) is 12.7. The Bertz CT molecular complexity index is 759.